The lowest BCUT2D eigenvalue weighted by Crippen LogP contribution is -2.20. The highest BCUT2D eigenvalue weighted by atomic mass is 16.5. The first-order valence-corrected chi connectivity index (χ1v) is 7.01. The van der Waals surface area contributed by atoms with Crippen LogP contribution in [0.2, 0.25) is 0 Å². The third-order valence-electron chi connectivity index (χ3n) is 3.17. The van der Waals surface area contributed by atoms with E-state index in [1.807, 2.05) is 24.7 Å². The van der Waals surface area contributed by atoms with Gasteiger partial charge in [-0.25, -0.2) is 4.98 Å². The topological polar surface area (TPSA) is 39.1 Å². The number of benzene rings is 1. The van der Waals surface area contributed by atoms with Gasteiger partial charge in [0.25, 0.3) is 0 Å². The molecular weight excluding hydrogens is 250 g/mol. The lowest BCUT2D eigenvalue weighted by Gasteiger charge is -2.11. The molecule has 20 heavy (non-hydrogen) atoms. The Morgan fingerprint density at radius 2 is 2.00 bits per heavy atom. The minimum Gasteiger partial charge on any atom is -0.497 e. The molecular formula is C16H23N3O. The number of ether oxygens (including phenoxy) is 1. The summed E-state index contributed by atoms with van der Waals surface area (Å²) in [4.78, 5) is 4.25. The number of nitrogens with one attached hydrogen (secondary N) is 1. The van der Waals surface area contributed by atoms with Gasteiger partial charge in [-0.15, -0.1) is 0 Å². The van der Waals surface area contributed by atoms with Crippen LogP contribution in [-0.2, 0) is 13.1 Å². The number of nitrogens with zero attached hydrogens (tertiary/aromatic N) is 2. The van der Waals surface area contributed by atoms with Crippen molar-refractivity contribution in [1.82, 2.24) is 14.9 Å². The summed E-state index contributed by atoms with van der Waals surface area (Å²) in [5.74, 6) is 1.55. The molecule has 2 rings (SSSR count). The van der Waals surface area contributed by atoms with Crippen molar-refractivity contribution in [2.45, 2.75) is 26.9 Å². The molecule has 4 nitrogen and oxygen atoms in total. The second-order valence-electron chi connectivity index (χ2n) is 5.39. The maximum atomic E-state index is 5.17. The van der Waals surface area contributed by atoms with Crippen molar-refractivity contribution in [3.63, 3.8) is 0 Å². The van der Waals surface area contributed by atoms with Crippen LogP contribution in [0.3, 0.4) is 0 Å². The third-order valence-corrected chi connectivity index (χ3v) is 3.17. The van der Waals surface area contributed by atoms with Crippen LogP contribution in [0, 0.1) is 5.92 Å². The van der Waals surface area contributed by atoms with Crippen LogP contribution in [0.4, 0.5) is 0 Å². The Morgan fingerprint density at radius 3 is 2.65 bits per heavy atom. The van der Waals surface area contributed by atoms with Crippen molar-refractivity contribution in [1.29, 1.82) is 0 Å². The summed E-state index contributed by atoms with van der Waals surface area (Å²) in [6.45, 7) is 7.13. The van der Waals surface area contributed by atoms with Crippen molar-refractivity contribution >= 4 is 0 Å². The molecule has 0 aliphatic rings. The molecule has 1 aromatic carbocycles. The van der Waals surface area contributed by atoms with Crippen LogP contribution < -0.4 is 10.1 Å². The molecule has 0 saturated carbocycles. The first kappa shape index (κ1) is 14.6. The molecule has 0 unspecified atom stereocenters. The number of hydrogen-bond donors (Lipinski definition) is 1. The standard InChI is InChI=1S/C16H23N3O/c1-13(2)8-17-9-15-10-18-12-19(15)11-14-4-6-16(20-3)7-5-14/h4-7,10,12-13,17H,8-9,11H2,1-3H3. The summed E-state index contributed by atoms with van der Waals surface area (Å²) in [6, 6.07) is 8.15. The average molecular weight is 273 g/mol. The average Bonchev–Trinajstić information content (AvgIpc) is 2.87. The van der Waals surface area contributed by atoms with Gasteiger partial charge >= 0.3 is 0 Å². The van der Waals surface area contributed by atoms with Crippen molar-refractivity contribution in [3.8, 4) is 5.75 Å². The molecule has 4 heteroatoms. The predicted molar refractivity (Wildman–Crippen MR) is 80.9 cm³/mol. The number of rotatable bonds is 7. The van der Waals surface area contributed by atoms with Gasteiger partial charge < -0.3 is 14.6 Å². The number of aromatic nitrogens is 2. The maximum absolute atomic E-state index is 5.17. The van der Waals surface area contributed by atoms with Crippen molar-refractivity contribution < 1.29 is 4.74 Å². The van der Waals surface area contributed by atoms with E-state index in [1.54, 1.807) is 7.11 Å². The number of hydrogen-bond acceptors (Lipinski definition) is 3. The first-order chi connectivity index (χ1) is 9.69. The van der Waals surface area contributed by atoms with Gasteiger partial charge in [-0.05, 0) is 30.2 Å². The fraction of sp³-hybridized carbons (Fsp3) is 0.438. The van der Waals surface area contributed by atoms with E-state index in [1.165, 1.54) is 11.3 Å². The molecule has 1 aromatic heterocycles. The Morgan fingerprint density at radius 1 is 1.25 bits per heavy atom. The largest absolute Gasteiger partial charge is 0.497 e. The minimum atomic E-state index is 0.660. The second kappa shape index (κ2) is 7.10. The van der Waals surface area contributed by atoms with Crippen molar-refractivity contribution in [2.24, 2.45) is 5.92 Å². The van der Waals surface area contributed by atoms with E-state index in [-0.39, 0.29) is 0 Å². The smallest absolute Gasteiger partial charge is 0.118 e. The molecule has 0 atom stereocenters. The molecule has 0 spiro atoms. The van der Waals surface area contributed by atoms with Crippen LogP contribution in [0.15, 0.2) is 36.8 Å². The first-order valence-electron chi connectivity index (χ1n) is 7.01. The van der Waals surface area contributed by atoms with E-state index in [2.05, 4.69) is 40.8 Å². The molecule has 0 aliphatic heterocycles. The number of imidazole rings is 1. The highest BCUT2D eigenvalue weighted by molar-refractivity contribution is 5.27. The van der Waals surface area contributed by atoms with E-state index in [9.17, 15) is 0 Å². The van der Waals surface area contributed by atoms with Gasteiger partial charge in [-0.3, -0.25) is 0 Å². The molecule has 0 saturated heterocycles. The quantitative estimate of drug-likeness (QED) is 0.843. The zero-order valence-electron chi connectivity index (χ0n) is 12.5. The van der Waals surface area contributed by atoms with E-state index in [0.29, 0.717) is 5.92 Å². The van der Waals surface area contributed by atoms with E-state index in [4.69, 9.17) is 4.74 Å². The van der Waals surface area contributed by atoms with Crippen LogP contribution >= 0.6 is 0 Å². The summed E-state index contributed by atoms with van der Waals surface area (Å²) < 4.78 is 7.35. The van der Waals surface area contributed by atoms with E-state index >= 15 is 0 Å². The predicted octanol–water partition coefficient (Wildman–Crippen LogP) is 2.69. The summed E-state index contributed by atoms with van der Waals surface area (Å²) in [5, 5.41) is 3.45. The molecule has 108 valence electrons. The summed E-state index contributed by atoms with van der Waals surface area (Å²) in [6.07, 6.45) is 3.81. The van der Waals surface area contributed by atoms with E-state index in [0.717, 1.165) is 25.4 Å². The zero-order valence-corrected chi connectivity index (χ0v) is 12.5. The summed E-state index contributed by atoms with van der Waals surface area (Å²) in [7, 11) is 1.68. The fourth-order valence-electron chi connectivity index (χ4n) is 2.05. The number of methoxy groups -OCH3 is 1. The Hall–Kier alpha value is -1.81. The van der Waals surface area contributed by atoms with Crippen LogP contribution in [0.1, 0.15) is 25.1 Å². The third kappa shape index (κ3) is 4.10. The molecule has 0 bridgehead atoms. The van der Waals surface area contributed by atoms with Gasteiger partial charge in [-0.2, -0.15) is 0 Å². The molecule has 0 fully saturated rings. The van der Waals surface area contributed by atoms with Crippen molar-refractivity contribution in [3.05, 3.63) is 48.0 Å². The summed E-state index contributed by atoms with van der Waals surface area (Å²) >= 11 is 0. The lowest BCUT2D eigenvalue weighted by atomic mass is 10.2. The van der Waals surface area contributed by atoms with Gasteiger partial charge in [-0.1, -0.05) is 26.0 Å². The molecule has 1 N–H and O–H groups in total. The van der Waals surface area contributed by atoms with Crippen LogP contribution in [0.25, 0.3) is 0 Å². The van der Waals surface area contributed by atoms with Gasteiger partial charge in [0.15, 0.2) is 0 Å². The Balaban J connectivity index is 1.96. The second-order valence-corrected chi connectivity index (χ2v) is 5.39. The highest BCUT2D eigenvalue weighted by Crippen LogP contribution is 2.13. The SMILES string of the molecule is COc1ccc(Cn2cncc2CNCC(C)C)cc1. The maximum Gasteiger partial charge on any atom is 0.118 e. The Labute approximate surface area is 120 Å². The Kier molecular flexibility index (Phi) is 5.18. The van der Waals surface area contributed by atoms with Crippen LogP contribution in [-0.4, -0.2) is 23.2 Å². The fourth-order valence-corrected chi connectivity index (χ4v) is 2.05. The molecule has 1 heterocycles. The van der Waals surface area contributed by atoms with Gasteiger partial charge in [0.05, 0.1) is 19.1 Å². The Bertz CT molecular complexity index is 517. The molecule has 0 amide bonds. The van der Waals surface area contributed by atoms with Crippen molar-refractivity contribution in [2.75, 3.05) is 13.7 Å². The summed E-state index contributed by atoms with van der Waals surface area (Å²) in [5.41, 5.74) is 2.45. The van der Waals surface area contributed by atoms with Gasteiger partial charge in [0, 0.05) is 19.3 Å². The molecule has 0 aliphatic carbocycles. The highest BCUT2D eigenvalue weighted by Gasteiger charge is 2.03. The van der Waals surface area contributed by atoms with E-state index < -0.39 is 0 Å². The van der Waals surface area contributed by atoms with Gasteiger partial charge in [0.1, 0.15) is 5.75 Å². The molecule has 0 radical (unpaired) electrons. The normalized spacial score (nSPS) is 11.0. The molecule has 2 aromatic rings. The lowest BCUT2D eigenvalue weighted by molar-refractivity contribution is 0.414. The minimum absolute atomic E-state index is 0.660. The monoisotopic (exact) mass is 273 g/mol. The van der Waals surface area contributed by atoms with Gasteiger partial charge in [0.2, 0.25) is 0 Å². The zero-order chi connectivity index (χ0) is 14.4. The van der Waals surface area contributed by atoms with Crippen LogP contribution in [0.5, 0.6) is 5.75 Å².